The van der Waals surface area contributed by atoms with Gasteiger partial charge in [0.2, 0.25) is 0 Å². The second-order valence-electron chi connectivity index (χ2n) is 3.54. The Morgan fingerprint density at radius 3 is 2.92 bits per heavy atom. The number of carbonyl (C=O) groups is 1. The minimum Gasteiger partial charge on any atom is -0.501 e. The van der Waals surface area contributed by atoms with Crippen molar-refractivity contribution < 1.29 is 9.53 Å². The van der Waals surface area contributed by atoms with E-state index in [0.29, 0.717) is 18.9 Å². The highest BCUT2D eigenvalue weighted by Crippen LogP contribution is 2.27. The Labute approximate surface area is 80.0 Å². The summed E-state index contributed by atoms with van der Waals surface area (Å²) in [6.45, 7) is 4.76. The van der Waals surface area contributed by atoms with Crippen LogP contribution in [0, 0.1) is 5.92 Å². The van der Waals surface area contributed by atoms with Crippen LogP contribution in [0.1, 0.15) is 39.5 Å². The maximum absolute atomic E-state index is 11.4. The second kappa shape index (κ2) is 5.05. The van der Waals surface area contributed by atoms with Gasteiger partial charge in [0.05, 0.1) is 12.9 Å². The molecule has 0 aromatic rings. The third kappa shape index (κ3) is 2.87. The van der Waals surface area contributed by atoms with Crippen LogP contribution in [0.25, 0.3) is 0 Å². The van der Waals surface area contributed by atoms with E-state index in [1.54, 1.807) is 6.26 Å². The summed E-state index contributed by atoms with van der Waals surface area (Å²) in [5.41, 5.74) is 0.889. The van der Waals surface area contributed by atoms with Crippen LogP contribution in [0.2, 0.25) is 0 Å². The molecule has 0 bridgehead atoms. The van der Waals surface area contributed by atoms with Crippen molar-refractivity contribution in [3.8, 4) is 0 Å². The molecule has 2 nitrogen and oxygen atoms in total. The maximum Gasteiger partial charge on any atom is 0.161 e. The van der Waals surface area contributed by atoms with Crippen molar-refractivity contribution in [3.05, 3.63) is 11.8 Å². The summed E-state index contributed by atoms with van der Waals surface area (Å²) < 4.78 is 5.15. The van der Waals surface area contributed by atoms with Crippen LogP contribution in [-0.4, -0.2) is 12.4 Å². The van der Waals surface area contributed by atoms with Gasteiger partial charge in [-0.1, -0.05) is 13.3 Å². The first-order valence-electron chi connectivity index (χ1n) is 5.11. The van der Waals surface area contributed by atoms with E-state index < -0.39 is 0 Å². The van der Waals surface area contributed by atoms with Crippen LogP contribution in [0.5, 0.6) is 0 Å². The first kappa shape index (κ1) is 10.3. The Bertz CT molecular complexity index is 206. The zero-order chi connectivity index (χ0) is 9.68. The van der Waals surface area contributed by atoms with E-state index in [1.807, 2.05) is 6.92 Å². The molecule has 0 aromatic carbocycles. The zero-order valence-corrected chi connectivity index (χ0v) is 8.51. The smallest absolute Gasteiger partial charge is 0.161 e. The number of Topliss-reactive ketones (excluding diaryl/α,β-unsaturated/α-hetero) is 1. The molecule has 0 spiro atoms. The van der Waals surface area contributed by atoms with Gasteiger partial charge in [0.25, 0.3) is 0 Å². The Balaban J connectivity index is 2.54. The fourth-order valence-electron chi connectivity index (χ4n) is 1.67. The maximum atomic E-state index is 11.4. The van der Waals surface area contributed by atoms with E-state index in [-0.39, 0.29) is 5.78 Å². The van der Waals surface area contributed by atoms with Crippen molar-refractivity contribution in [1.29, 1.82) is 0 Å². The molecule has 1 atom stereocenters. The lowest BCUT2D eigenvalue weighted by Gasteiger charge is -2.21. The molecule has 1 saturated carbocycles. The molecule has 1 unspecified atom stereocenters. The molecule has 0 aromatic heterocycles. The van der Waals surface area contributed by atoms with Gasteiger partial charge in [0.1, 0.15) is 0 Å². The van der Waals surface area contributed by atoms with Crippen molar-refractivity contribution in [2.24, 2.45) is 5.92 Å². The lowest BCUT2D eigenvalue weighted by molar-refractivity contribution is -0.117. The number of ether oxygens (including phenoxy) is 1. The first-order chi connectivity index (χ1) is 6.27. The molecule has 0 N–H and O–H groups in total. The molecule has 2 heteroatoms. The van der Waals surface area contributed by atoms with E-state index in [2.05, 4.69) is 6.92 Å². The van der Waals surface area contributed by atoms with Crippen LogP contribution in [0.15, 0.2) is 11.8 Å². The van der Waals surface area contributed by atoms with Crippen molar-refractivity contribution in [1.82, 2.24) is 0 Å². The van der Waals surface area contributed by atoms with Crippen LogP contribution in [0.3, 0.4) is 0 Å². The summed E-state index contributed by atoms with van der Waals surface area (Å²) in [5, 5.41) is 0. The molecule has 0 amide bonds. The van der Waals surface area contributed by atoms with Gasteiger partial charge in [-0.15, -0.1) is 0 Å². The molecule has 0 aliphatic heterocycles. The Morgan fingerprint density at radius 2 is 2.31 bits per heavy atom. The van der Waals surface area contributed by atoms with Gasteiger partial charge >= 0.3 is 0 Å². The van der Waals surface area contributed by atoms with Gasteiger partial charge in [0, 0.05) is 12.0 Å². The van der Waals surface area contributed by atoms with E-state index in [0.717, 1.165) is 24.8 Å². The summed E-state index contributed by atoms with van der Waals surface area (Å²) >= 11 is 0. The van der Waals surface area contributed by atoms with Crippen molar-refractivity contribution in [2.75, 3.05) is 6.61 Å². The predicted molar refractivity (Wildman–Crippen MR) is 52.3 cm³/mol. The van der Waals surface area contributed by atoms with E-state index in [9.17, 15) is 4.79 Å². The summed E-state index contributed by atoms with van der Waals surface area (Å²) in [6, 6.07) is 0. The van der Waals surface area contributed by atoms with Crippen LogP contribution in [0.4, 0.5) is 0 Å². The lowest BCUT2D eigenvalue weighted by atomic mass is 9.84. The number of ketones is 1. The fourth-order valence-corrected chi connectivity index (χ4v) is 1.67. The van der Waals surface area contributed by atoms with Gasteiger partial charge < -0.3 is 4.74 Å². The highest BCUT2D eigenvalue weighted by Gasteiger charge is 2.22. The van der Waals surface area contributed by atoms with Gasteiger partial charge in [-0.2, -0.15) is 0 Å². The molecular weight excluding hydrogens is 164 g/mol. The molecule has 1 rings (SSSR count). The number of hydrogen-bond acceptors (Lipinski definition) is 2. The van der Waals surface area contributed by atoms with Gasteiger partial charge in [-0.25, -0.2) is 0 Å². The molecule has 0 radical (unpaired) electrons. The topological polar surface area (TPSA) is 26.3 Å². The average molecular weight is 182 g/mol. The molecular formula is C11H18O2. The normalized spacial score (nSPS) is 26.5. The number of allylic oxidation sites excluding steroid dienone is 1. The summed E-state index contributed by atoms with van der Waals surface area (Å²) in [6.07, 6.45) is 5.49. The van der Waals surface area contributed by atoms with Gasteiger partial charge in [0.15, 0.2) is 5.78 Å². The van der Waals surface area contributed by atoms with Crippen LogP contribution >= 0.6 is 0 Å². The van der Waals surface area contributed by atoms with Crippen LogP contribution in [-0.2, 0) is 9.53 Å². The molecule has 0 heterocycles. The quantitative estimate of drug-likeness (QED) is 0.495. The second-order valence-corrected chi connectivity index (χ2v) is 3.54. The largest absolute Gasteiger partial charge is 0.501 e. The minimum atomic E-state index is 0.276. The summed E-state index contributed by atoms with van der Waals surface area (Å²) in [5.74, 6) is 0.961. The molecule has 1 fully saturated rings. The predicted octanol–water partition coefficient (Wildman–Crippen LogP) is 2.69. The number of carbonyl (C=O) groups excluding carboxylic acids is 1. The minimum absolute atomic E-state index is 0.276. The van der Waals surface area contributed by atoms with E-state index >= 15 is 0 Å². The van der Waals surface area contributed by atoms with E-state index in [1.165, 1.54) is 0 Å². The number of rotatable bonds is 3. The Kier molecular flexibility index (Phi) is 4.00. The molecule has 1 aliphatic rings. The summed E-state index contributed by atoms with van der Waals surface area (Å²) in [4.78, 5) is 11.4. The Morgan fingerprint density at radius 1 is 1.54 bits per heavy atom. The molecule has 0 saturated heterocycles. The Hall–Kier alpha value is -0.790. The van der Waals surface area contributed by atoms with Gasteiger partial charge in [-0.05, 0) is 25.7 Å². The van der Waals surface area contributed by atoms with Crippen molar-refractivity contribution in [2.45, 2.75) is 39.5 Å². The lowest BCUT2D eigenvalue weighted by Crippen LogP contribution is -2.16. The third-order valence-corrected chi connectivity index (χ3v) is 2.62. The molecule has 74 valence electrons. The monoisotopic (exact) mass is 182 g/mol. The first-order valence-corrected chi connectivity index (χ1v) is 5.11. The van der Waals surface area contributed by atoms with E-state index in [4.69, 9.17) is 4.74 Å². The van der Waals surface area contributed by atoms with Gasteiger partial charge in [-0.3, -0.25) is 4.79 Å². The standard InChI is InChI=1S/C11H18O2/c1-3-9-5-6-11(12)10(7-9)8-13-4-2/h8-9H,3-7H2,1-2H3/b10-8+. The van der Waals surface area contributed by atoms with Crippen molar-refractivity contribution in [3.63, 3.8) is 0 Å². The SMILES string of the molecule is CCO/C=C1\CC(CC)CCC1=O. The summed E-state index contributed by atoms with van der Waals surface area (Å²) in [7, 11) is 0. The van der Waals surface area contributed by atoms with Crippen LogP contribution < -0.4 is 0 Å². The number of hydrogen-bond donors (Lipinski definition) is 0. The zero-order valence-electron chi connectivity index (χ0n) is 8.51. The molecule has 1 aliphatic carbocycles. The van der Waals surface area contributed by atoms with Crippen molar-refractivity contribution >= 4 is 5.78 Å². The highest BCUT2D eigenvalue weighted by molar-refractivity contribution is 5.95. The third-order valence-electron chi connectivity index (χ3n) is 2.62. The average Bonchev–Trinajstić information content (AvgIpc) is 2.17. The highest BCUT2D eigenvalue weighted by atomic mass is 16.5. The fraction of sp³-hybridized carbons (Fsp3) is 0.727. The molecule has 13 heavy (non-hydrogen) atoms.